The van der Waals surface area contributed by atoms with Crippen molar-refractivity contribution in [3.8, 4) is 11.4 Å². The van der Waals surface area contributed by atoms with Crippen LogP contribution < -0.4 is 10.6 Å². The summed E-state index contributed by atoms with van der Waals surface area (Å²) >= 11 is 11.1. The van der Waals surface area contributed by atoms with E-state index in [-0.39, 0.29) is 10.7 Å². The van der Waals surface area contributed by atoms with E-state index in [0.717, 1.165) is 11.1 Å². The Kier molecular flexibility index (Phi) is 4.02. The van der Waals surface area contributed by atoms with E-state index in [0.29, 0.717) is 16.5 Å². The number of pyridine rings is 1. The van der Waals surface area contributed by atoms with Crippen molar-refractivity contribution in [3.63, 3.8) is 0 Å². The number of nitrogens with zero attached hydrogens (tertiary/aromatic N) is 2. The van der Waals surface area contributed by atoms with Crippen LogP contribution in [0.2, 0.25) is 5.02 Å². The van der Waals surface area contributed by atoms with Gasteiger partial charge in [-0.05, 0) is 42.6 Å². The third kappa shape index (κ3) is 2.77. The van der Waals surface area contributed by atoms with E-state index >= 15 is 0 Å². The molecule has 26 heavy (non-hydrogen) atoms. The lowest BCUT2D eigenvalue weighted by Gasteiger charge is -2.15. The maximum absolute atomic E-state index is 12.1. The van der Waals surface area contributed by atoms with Gasteiger partial charge in [0.25, 0.3) is 11.8 Å². The Hall–Kier alpha value is -3.03. The molecule has 0 radical (unpaired) electrons. The highest BCUT2D eigenvalue weighted by atomic mass is 35.5. The average molecular weight is 383 g/mol. The zero-order chi connectivity index (χ0) is 18.3. The fourth-order valence-corrected chi connectivity index (χ4v) is 3.15. The fraction of sp³-hybridized carbons (Fsp3) is 0. The molecule has 1 fully saturated rings. The molecule has 2 aromatic heterocycles. The molecule has 1 aromatic carbocycles. The van der Waals surface area contributed by atoms with Gasteiger partial charge in [0.2, 0.25) is 0 Å². The highest BCUT2D eigenvalue weighted by molar-refractivity contribution is 7.80. The van der Waals surface area contributed by atoms with Crippen LogP contribution in [0.3, 0.4) is 0 Å². The number of halogens is 1. The minimum Gasteiger partial charge on any atom is -0.299 e. The Bertz CT molecular complexity index is 1100. The van der Waals surface area contributed by atoms with E-state index in [1.807, 2.05) is 47.0 Å². The third-order valence-corrected chi connectivity index (χ3v) is 4.45. The summed E-state index contributed by atoms with van der Waals surface area (Å²) in [6, 6.07) is 12.9. The maximum atomic E-state index is 12.1. The van der Waals surface area contributed by atoms with Crippen molar-refractivity contribution in [1.29, 1.82) is 0 Å². The molecule has 2 amide bonds. The second-order valence-electron chi connectivity index (χ2n) is 5.55. The van der Waals surface area contributed by atoms with Crippen LogP contribution in [-0.2, 0) is 9.59 Å². The van der Waals surface area contributed by atoms with E-state index in [1.54, 1.807) is 6.07 Å². The Balaban J connectivity index is 1.91. The van der Waals surface area contributed by atoms with Crippen LogP contribution in [0, 0.1) is 0 Å². The molecule has 0 saturated carbocycles. The van der Waals surface area contributed by atoms with Gasteiger partial charge in [0.05, 0.1) is 16.2 Å². The molecule has 0 aliphatic carbocycles. The summed E-state index contributed by atoms with van der Waals surface area (Å²) in [7, 11) is 0. The van der Waals surface area contributed by atoms with E-state index in [1.165, 1.54) is 6.08 Å². The molecule has 1 aliphatic heterocycles. The molecule has 3 aromatic rings. The van der Waals surface area contributed by atoms with Crippen molar-refractivity contribution in [1.82, 2.24) is 20.0 Å². The summed E-state index contributed by atoms with van der Waals surface area (Å²) in [5.74, 6) is -0.504. The first kappa shape index (κ1) is 16.4. The zero-order valence-electron chi connectivity index (χ0n) is 13.2. The highest BCUT2D eigenvalue weighted by Gasteiger charge is 2.26. The highest BCUT2D eigenvalue weighted by Crippen LogP contribution is 2.29. The number of fused-ring (bicyclic) bond motifs is 1. The van der Waals surface area contributed by atoms with E-state index in [2.05, 4.69) is 15.6 Å². The van der Waals surface area contributed by atoms with Crippen LogP contribution in [0.1, 0.15) is 5.69 Å². The van der Waals surface area contributed by atoms with Crippen LogP contribution in [-0.4, -0.2) is 26.3 Å². The molecular formula is C18H11ClN4O2S. The van der Waals surface area contributed by atoms with Crippen LogP contribution in [0.15, 0.2) is 54.2 Å². The second kappa shape index (κ2) is 6.36. The lowest BCUT2D eigenvalue weighted by Crippen LogP contribution is -2.51. The molecule has 0 atom stereocenters. The standard InChI is InChI=1S/C18H11ClN4O2S/c19-12-6-2-1-5-10(12)15-20-13(14-7-3-4-8-23(14)15)9-11-16(24)21-18(26)22-17(11)25/h1-9H,(H2,21,22,24,25,26). The minimum atomic E-state index is -0.560. The van der Waals surface area contributed by atoms with Crippen LogP contribution in [0.4, 0.5) is 0 Å². The first-order chi connectivity index (χ1) is 12.5. The minimum absolute atomic E-state index is 0.0106. The molecule has 6 nitrogen and oxygen atoms in total. The van der Waals surface area contributed by atoms with E-state index < -0.39 is 11.8 Å². The van der Waals surface area contributed by atoms with Gasteiger partial charge >= 0.3 is 0 Å². The van der Waals surface area contributed by atoms with Gasteiger partial charge in [-0.25, -0.2) is 4.98 Å². The first-order valence-corrected chi connectivity index (χ1v) is 8.43. The van der Waals surface area contributed by atoms with Crippen LogP contribution >= 0.6 is 23.8 Å². The number of carbonyl (C=O) groups is 2. The molecule has 0 unspecified atom stereocenters. The molecule has 8 heteroatoms. The summed E-state index contributed by atoms with van der Waals surface area (Å²) in [4.78, 5) is 28.8. The Morgan fingerprint density at radius 1 is 1.04 bits per heavy atom. The third-order valence-electron chi connectivity index (χ3n) is 3.92. The molecule has 128 valence electrons. The van der Waals surface area contributed by atoms with Gasteiger partial charge in [-0.3, -0.25) is 24.6 Å². The Labute approximate surface area is 158 Å². The largest absolute Gasteiger partial charge is 0.299 e. The quantitative estimate of drug-likeness (QED) is 0.406. The number of aromatic nitrogens is 2. The molecule has 1 aliphatic rings. The number of thiocarbonyl (C=S) groups is 1. The lowest BCUT2D eigenvalue weighted by atomic mass is 10.1. The number of nitrogens with one attached hydrogen (secondary N) is 2. The number of hydrogen-bond donors (Lipinski definition) is 2. The van der Waals surface area contributed by atoms with Crippen molar-refractivity contribution >= 4 is 52.3 Å². The summed E-state index contributed by atoms with van der Waals surface area (Å²) in [6.45, 7) is 0. The molecule has 1 saturated heterocycles. The Morgan fingerprint density at radius 2 is 1.73 bits per heavy atom. The number of hydrogen-bond acceptors (Lipinski definition) is 4. The first-order valence-electron chi connectivity index (χ1n) is 7.65. The van der Waals surface area contributed by atoms with Crippen molar-refractivity contribution < 1.29 is 9.59 Å². The van der Waals surface area contributed by atoms with Gasteiger partial charge < -0.3 is 0 Å². The zero-order valence-corrected chi connectivity index (χ0v) is 14.8. The normalized spacial score (nSPS) is 14.3. The van der Waals surface area contributed by atoms with Gasteiger partial charge in [0, 0.05) is 11.8 Å². The smallest absolute Gasteiger partial charge is 0.263 e. The number of amides is 2. The summed E-state index contributed by atoms with van der Waals surface area (Å²) in [5, 5.41) is 5.37. The predicted octanol–water partition coefficient (Wildman–Crippen LogP) is 2.57. The number of carbonyl (C=O) groups excluding carboxylic acids is 2. The van der Waals surface area contributed by atoms with Crippen LogP contribution in [0.5, 0.6) is 0 Å². The number of rotatable bonds is 2. The Morgan fingerprint density at radius 3 is 2.46 bits per heavy atom. The van der Waals surface area contributed by atoms with Crippen molar-refractivity contribution in [2.24, 2.45) is 0 Å². The molecule has 4 rings (SSSR count). The SMILES string of the molecule is O=C1NC(=S)NC(=O)C1=Cc1nc(-c2ccccc2Cl)n2ccccc12. The van der Waals surface area contributed by atoms with E-state index in [4.69, 9.17) is 23.8 Å². The summed E-state index contributed by atoms with van der Waals surface area (Å²) in [5.41, 5.74) is 1.91. The van der Waals surface area contributed by atoms with Crippen LogP contribution in [0.25, 0.3) is 23.0 Å². The summed E-state index contributed by atoms with van der Waals surface area (Å²) < 4.78 is 1.86. The fourth-order valence-electron chi connectivity index (χ4n) is 2.74. The van der Waals surface area contributed by atoms with Crippen molar-refractivity contribution in [2.75, 3.05) is 0 Å². The number of imidazole rings is 1. The molecule has 0 spiro atoms. The monoisotopic (exact) mass is 382 g/mol. The topological polar surface area (TPSA) is 75.5 Å². The van der Waals surface area contributed by atoms with Gasteiger partial charge in [0.15, 0.2) is 5.11 Å². The molecule has 2 N–H and O–H groups in total. The molecular weight excluding hydrogens is 372 g/mol. The van der Waals surface area contributed by atoms with Crippen molar-refractivity contribution in [2.45, 2.75) is 0 Å². The molecule has 0 bridgehead atoms. The van der Waals surface area contributed by atoms with Gasteiger partial charge in [-0.1, -0.05) is 29.8 Å². The maximum Gasteiger partial charge on any atom is 0.263 e. The molecule has 3 heterocycles. The van der Waals surface area contributed by atoms with E-state index in [9.17, 15) is 9.59 Å². The van der Waals surface area contributed by atoms with Gasteiger partial charge in [-0.2, -0.15) is 0 Å². The number of benzene rings is 1. The van der Waals surface area contributed by atoms with Gasteiger partial charge in [0.1, 0.15) is 11.4 Å². The predicted molar refractivity (Wildman–Crippen MR) is 102 cm³/mol. The summed E-state index contributed by atoms with van der Waals surface area (Å²) in [6.07, 6.45) is 3.29. The average Bonchev–Trinajstić information content (AvgIpc) is 2.97. The lowest BCUT2D eigenvalue weighted by molar-refractivity contribution is -0.123. The van der Waals surface area contributed by atoms with Crippen molar-refractivity contribution in [3.05, 3.63) is 65.0 Å². The second-order valence-corrected chi connectivity index (χ2v) is 6.37. The van der Waals surface area contributed by atoms with Gasteiger partial charge in [-0.15, -0.1) is 0 Å².